The fourth-order valence-electron chi connectivity index (χ4n) is 2.10. The number of hydrogen-bond acceptors (Lipinski definition) is 6. The van der Waals surface area contributed by atoms with Crippen molar-refractivity contribution >= 4 is 17.7 Å². The lowest BCUT2D eigenvalue weighted by molar-refractivity contribution is 0.0539. The van der Waals surface area contributed by atoms with Gasteiger partial charge in [-0.25, -0.2) is 4.79 Å². The van der Waals surface area contributed by atoms with Crippen molar-refractivity contribution in [3.05, 3.63) is 34.5 Å². The molecule has 23 heavy (non-hydrogen) atoms. The van der Waals surface area contributed by atoms with Gasteiger partial charge in [-0.05, 0) is 33.8 Å². The molecule has 1 aromatic carbocycles. The zero-order chi connectivity index (χ0) is 17.5. The molecule has 7 heteroatoms. The van der Waals surface area contributed by atoms with Crippen molar-refractivity contribution in [1.29, 1.82) is 0 Å². The van der Waals surface area contributed by atoms with Crippen LogP contribution in [0.3, 0.4) is 0 Å². The third-order valence-electron chi connectivity index (χ3n) is 3.17. The number of carbonyl (C=O) groups is 3. The number of phenolic OH excluding ortho intramolecular Hbond substituents is 2. The van der Waals surface area contributed by atoms with Crippen molar-refractivity contribution in [3.8, 4) is 11.5 Å². The maximum Gasteiger partial charge on any atom is 0.412 e. The quantitative estimate of drug-likeness (QED) is 0.731. The van der Waals surface area contributed by atoms with Gasteiger partial charge in [0.25, 0.3) is 0 Å². The minimum Gasteiger partial charge on any atom is -0.508 e. The Hall–Kier alpha value is -2.83. The molecule has 0 atom stereocenters. The van der Waals surface area contributed by atoms with E-state index in [-0.39, 0.29) is 28.1 Å². The first kappa shape index (κ1) is 16.5. The summed E-state index contributed by atoms with van der Waals surface area (Å²) >= 11 is 0. The summed E-state index contributed by atoms with van der Waals surface area (Å²) in [5, 5.41) is 21.9. The number of fused-ring (bicyclic) bond motifs is 1. The lowest BCUT2D eigenvalue weighted by atomic mass is 9.89. The number of alkyl carbamates (subject to hydrolysis) is 1. The Morgan fingerprint density at radius 1 is 1.22 bits per heavy atom. The van der Waals surface area contributed by atoms with Crippen LogP contribution in [0.15, 0.2) is 17.8 Å². The molecule has 0 radical (unpaired) electrons. The maximum atomic E-state index is 12.4. The number of hydrogen-bond donors (Lipinski definition) is 3. The Kier molecular flexibility index (Phi) is 3.90. The molecule has 1 aromatic rings. The first-order valence-corrected chi connectivity index (χ1v) is 6.87. The van der Waals surface area contributed by atoms with Crippen LogP contribution in [-0.4, -0.2) is 33.5 Å². The van der Waals surface area contributed by atoms with Crippen molar-refractivity contribution in [1.82, 2.24) is 5.32 Å². The maximum absolute atomic E-state index is 12.4. The van der Waals surface area contributed by atoms with Gasteiger partial charge in [-0.15, -0.1) is 0 Å². The molecule has 0 saturated heterocycles. The topological polar surface area (TPSA) is 113 Å². The number of Topliss-reactive ketones (excluding diaryl/α,β-unsaturated/α-hetero) is 1. The second-order valence-corrected chi connectivity index (χ2v) is 6.17. The molecule has 0 aliphatic heterocycles. The highest BCUT2D eigenvalue weighted by Gasteiger charge is 2.32. The van der Waals surface area contributed by atoms with Gasteiger partial charge in [-0.1, -0.05) is 0 Å². The molecule has 0 aromatic heterocycles. The largest absolute Gasteiger partial charge is 0.508 e. The van der Waals surface area contributed by atoms with Crippen LogP contribution >= 0.6 is 0 Å². The Labute approximate surface area is 132 Å². The van der Waals surface area contributed by atoms with E-state index < -0.39 is 29.0 Å². The molecule has 1 amide bonds. The zero-order valence-electron chi connectivity index (χ0n) is 13.2. The van der Waals surface area contributed by atoms with Crippen molar-refractivity contribution in [2.75, 3.05) is 0 Å². The first-order valence-electron chi connectivity index (χ1n) is 6.87. The highest BCUT2D eigenvalue weighted by atomic mass is 16.6. The van der Waals surface area contributed by atoms with Gasteiger partial charge < -0.3 is 14.9 Å². The van der Waals surface area contributed by atoms with E-state index in [2.05, 4.69) is 5.32 Å². The van der Waals surface area contributed by atoms with Crippen LogP contribution in [0.2, 0.25) is 0 Å². The normalized spacial score (nSPS) is 14.2. The number of ether oxygens (including phenoxy) is 1. The van der Waals surface area contributed by atoms with E-state index in [1.165, 1.54) is 6.92 Å². The minimum atomic E-state index is -0.881. The fraction of sp³-hybridized carbons (Fsp3) is 0.312. The molecule has 0 saturated carbocycles. The number of amides is 1. The molecule has 2 rings (SSSR count). The number of allylic oxidation sites excluding steroid dienone is 2. The number of benzene rings is 1. The molecule has 0 bridgehead atoms. The van der Waals surface area contributed by atoms with Crippen molar-refractivity contribution in [2.45, 2.75) is 33.3 Å². The predicted molar refractivity (Wildman–Crippen MR) is 80.6 cm³/mol. The van der Waals surface area contributed by atoms with Gasteiger partial charge in [-0.3, -0.25) is 14.9 Å². The first-order chi connectivity index (χ1) is 10.5. The molecule has 1 aliphatic rings. The van der Waals surface area contributed by atoms with Gasteiger partial charge >= 0.3 is 6.09 Å². The van der Waals surface area contributed by atoms with E-state index in [1.54, 1.807) is 20.8 Å². The summed E-state index contributed by atoms with van der Waals surface area (Å²) < 4.78 is 5.03. The second-order valence-electron chi connectivity index (χ2n) is 6.17. The summed E-state index contributed by atoms with van der Waals surface area (Å²) in [4.78, 5) is 36.2. The van der Waals surface area contributed by atoms with Crippen LogP contribution in [0, 0.1) is 6.92 Å². The van der Waals surface area contributed by atoms with Gasteiger partial charge in [0, 0.05) is 17.2 Å². The minimum absolute atomic E-state index is 0.0989. The number of aromatic hydroxyl groups is 2. The van der Waals surface area contributed by atoms with E-state index in [0.29, 0.717) is 0 Å². The van der Waals surface area contributed by atoms with E-state index >= 15 is 0 Å². The Morgan fingerprint density at radius 3 is 2.39 bits per heavy atom. The number of ketones is 2. The van der Waals surface area contributed by atoms with Crippen LogP contribution in [0.4, 0.5) is 4.79 Å². The van der Waals surface area contributed by atoms with Crippen LogP contribution in [0.5, 0.6) is 11.5 Å². The Morgan fingerprint density at radius 2 is 1.83 bits per heavy atom. The van der Waals surface area contributed by atoms with Crippen molar-refractivity contribution < 1.29 is 29.3 Å². The highest BCUT2D eigenvalue weighted by molar-refractivity contribution is 6.26. The van der Waals surface area contributed by atoms with Gasteiger partial charge in [0.1, 0.15) is 17.1 Å². The lowest BCUT2D eigenvalue weighted by Crippen LogP contribution is -2.36. The van der Waals surface area contributed by atoms with Crippen LogP contribution in [-0.2, 0) is 4.74 Å². The summed E-state index contributed by atoms with van der Waals surface area (Å²) in [5.74, 6) is -2.12. The third kappa shape index (κ3) is 3.18. The SMILES string of the molecule is Cc1c(O)cc2c(c1O)C(=O)C=C(NC(=O)OC(C)(C)C)C2=O. The summed E-state index contributed by atoms with van der Waals surface area (Å²) in [5.41, 5.74) is -1.32. The average Bonchev–Trinajstić information content (AvgIpc) is 2.39. The number of rotatable bonds is 1. The average molecular weight is 319 g/mol. The van der Waals surface area contributed by atoms with E-state index in [9.17, 15) is 24.6 Å². The van der Waals surface area contributed by atoms with Gasteiger partial charge in [0.05, 0.1) is 11.3 Å². The smallest absolute Gasteiger partial charge is 0.412 e. The summed E-state index contributed by atoms with van der Waals surface area (Å²) in [7, 11) is 0. The van der Waals surface area contributed by atoms with Crippen molar-refractivity contribution in [3.63, 3.8) is 0 Å². The summed E-state index contributed by atoms with van der Waals surface area (Å²) in [6.45, 7) is 6.38. The van der Waals surface area contributed by atoms with Gasteiger partial charge in [0.2, 0.25) is 5.78 Å². The monoisotopic (exact) mass is 319 g/mol. The number of phenols is 2. The summed E-state index contributed by atoms with van der Waals surface area (Å²) in [6, 6.07) is 1.09. The van der Waals surface area contributed by atoms with E-state index in [1.807, 2.05) is 0 Å². The molecule has 7 nitrogen and oxygen atoms in total. The van der Waals surface area contributed by atoms with Gasteiger partial charge in [0.15, 0.2) is 5.78 Å². The predicted octanol–water partition coefficient (Wildman–Crippen LogP) is 2.19. The van der Waals surface area contributed by atoms with Crippen LogP contribution in [0.25, 0.3) is 0 Å². The molecule has 0 fully saturated rings. The van der Waals surface area contributed by atoms with E-state index in [4.69, 9.17) is 4.74 Å². The molecular weight excluding hydrogens is 302 g/mol. The number of nitrogens with one attached hydrogen (secondary N) is 1. The zero-order valence-corrected chi connectivity index (χ0v) is 13.2. The Bertz CT molecular complexity index is 755. The fourth-order valence-corrected chi connectivity index (χ4v) is 2.10. The summed E-state index contributed by atoms with van der Waals surface area (Å²) in [6.07, 6.45) is 0.0408. The molecule has 3 N–H and O–H groups in total. The van der Waals surface area contributed by atoms with Gasteiger partial charge in [-0.2, -0.15) is 0 Å². The highest BCUT2D eigenvalue weighted by Crippen LogP contribution is 2.36. The second kappa shape index (κ2) is 5.42. The Balaban J connectivity index is 2.38. The van der Waals surface area contributed by atoms with Crippen LogP contribution in [0.1, 0.15) is 47.1 Å². The molecule has 0 heterocycles. The lowest BCUT2D eigenvalue weighted by Gasteiger charge is -2.22. The standard InChI is InChI=1S/C16H17NO6/c1-7-10(18)5-8-12(13(7)20)11(19)6-9(14(8)21)17-15(22)23-16(2,3)4/h5-6,18,20H,1-4H3,(H,17,22). The van der Waals surface area contributed by atoms with E-state index in [0.717, 1.165) is 12.1 Å². The number of carbonyl (C=O) groups excluding carboxylic acids is 3. The molecule has 1 aliphatic carbocycles. The van der Waals surface area contributed by atoms with Crippen molar-refractivity contribution in [2.24, 2.45) is 0 Å². The third-order valence-corrected chi connectivity index (χ3v) is 3.17. The molecule has 0 unspecified atom stereocenters. The molecule has 0 spiro atoms. The molecular formula is C16H17NO6. The van der Waals surface area contributed by atoms with Crippen LogP contribution < -0.4 is 5.32 Å². The molecule has 122 valence electrons.